The molecule has 0 heterocycles. The second-order valence-corrected chi connectivity index (χ2v) is 5.21. The van der Waals surface area contributed by atoms with Gasteiger partial charge in [-0.25, -0.2) is 13.6 Å². The fourth-order valence-electron chi connectivity index (χ4n) is 0.331. The quantitative estimate of drug-likeness (QED) is 0.263. The fraction of sp³-hybridized carbons (Fsp3) is 0.667. The van der Waals surface area contributed by atoms with Gasteiger partial charge in [-0.2, -0.15) is 0 Å². The van der Waals surface area contributed by atoms with Crippen molar-refractivity contribution in [3.63, 3.8) is 0 Å². The maximum absolute atomic E-state index is 10.7. The molecule has 0 aromatic heterocycles. The minimum atomic E-state index is -1.80. The lowest BCUT2D eigenvalue weighted by Gasteiger charge is -1.93. The van der Waals surface area contributed by atoms with Crippen LogP contribution in [0.3, 0.4) is 0 Å². The Balaban J connectivity index is 3.64. The van der Waals surface area contributed by atoms with Crippen LogP contribution in [-0.2, 0) is 19.8 Å². The Bertz CT molecular complexity index is 200. The standard InChI is InChI=1S/C3H10N4O2S2/c4-3(5)7-1-2-10(8)11(6)9/h1-2,6H2,(H4,4,5,7). The molecule has 8 heteroatoms. The molecule has 2 unspecified atom stereocenters. The summed E-state index contributed by atoms with van der Waals surface area (Å²) in [4.78, 5) is 3.54. The lowest BCUT2D eigenvalue weighted by Crippen LogP contribution is -2.24. The van der Waals surface area contributed by atoms with Crippen molar-refractivity contribution in [3.8, 4) is 0 Å². The van der Waals surface area contributed by atoms with Gasteiger partial charge in [0.15, 0.2) is 16.0 Å². The molecular formula is C3H10N4O2S2. The SMILES string of the molecule is NC(N)=NCCS(=O)S(N)=O. The molecule has 6 nitrogen and oxygen atoms in total. The van der Waals surface area contributed by atoms with Crippen molar-refractivity contribution in [1.82, 2.24) is 0 Å². The summed E-state index contributed by atoms with van der Waals surface area (Å²) in [7, 11) is -3.36. The van der Waals surface area contributed by atoms with Crippen LogP contribution in [0.1, 0.15) is 0 Å². The zero-order chi connectivity index (χ0) is 8.85. The summed E-state index contributed by atoms with van der Waals surface area (Å²) in [5, 5.41) is 4.81. The van der Waals surface area contributed by atoms with E-state index in [4.69, 9.17) is 16.6 Å². The molecule has 11 heavy (non-hydrogen) atoms. The Hall–Kier alpha value is -0.470. The average Bonchev–Trinajstić information content (AvgIpc) is 1.86. The van der Waals surface area contributed by atoms with Crippen molar-refractivity contribution in [1.29, 1.82) is 0 Å². The van der Waals surface area contributed by atoms with Crippen LogP contribution in [0.25, 0.3) is 0 Å². The smallest absolute Gasteiger partial charge is 0.185 e. The first-order valence-electron chi connectivity index (χ1n) is 2.64. The van der Waals surface area contributed by atoms with Gasteiger partial charge in [0.25, 0.3) is 0 Å². The zero-order valence-corrected chi connectivity index (χ0v) is 7.36. The maximum Gasteiger partial charge on any atom is 0.185 e. The largest absolute Gasteiger partial charge is 0.370 e. The number of nitrogens with zero attached hydrogens (tertiary/aromatic N) is 1. The van der Waals surface area contributed by atoms with Gasteiger partial charge in [-0.15, -0.1) is 0 Å². The van der Waals surface area contributed by atoms with Crippen LogP contribution in [0.5, 0.6) is 0 Å². The van der Waals surface area contributed by atoms with Crippen molar-refractivity contribution in [2.45, 2.75) is 0 Å². The van der Waals surface area contributed by atoms with E-state index < -0.39 is 19.8 Å². The number of rotatable bonds is 4. The monoisotopic (exact) mass is 198 g/mol. The van der Waals surface area contributed by atoms with Crippen molar-refractivity contribution in [3.05, 3.63) is 0 Å². The third kappa shape index (κ3) is 5.95. The predicted octanol–water partition coefficient (Wildman–Crippen LogP) is -2.45. The lowest BCUT2D eigenvalue weighted by atomic mass is 10.8. The molecule has 0 aromatic rings. The molecule has 2 atom stereocenters. The molecule has 0 aliphatic rings. The van der Waals surface area contributed by atoms with Crippen molar-refractivity contribution in [2.75, 3.05) is 12.3 Å². The summed E-state index contributed by atoms with van der Waals surface area (Å²) in [5.74, 6) is 0.0332. The van der Waals surface area contributed by atoms with E-state index in [1.54, 1.807) is 0 Å². The number of aliphatic imine (C=N–C) groups is 1. The van der Waals surface area contributed by atoms with Crippen molar-refractivity contribution in [2.24, 2.45) is 21.6 Å². The second-order valence-electron chi connectivity index (χ2n) is 1.57. The molecule has 0 aliphatic heterocycles. The molecule has 66 valence electrons. The molecule has 0 amide bonds. The molecule has 0 saturated carbocycles. The van der Waals surface area contributed by atoms with Crippen molar-refractivity contribution >= 4 is 25.8 Å². The lowest BCUT2D eigenvalue weighted by molar-refractivity contribution is 0.677. The van der Waals surface area contributed by atoms with Gasteiger partial charge in [-0.3, -0.25) is 4.99 Å². The van der Waals surface area contributed by atoms with E-state index in [0.717, 1.165) is 0 Å². The van der Waals surface area contributed by atoms with E-state index in [9.17, 15) is 8.42 Å². The van der Waals surface area contributed by atoms with Gasteiger partial charge in [0.2, 0.25) is 0 Å². The van der Waals surface area contributed by atoms with Crippen LogP contribution in [0.4, 0.5) is 0 Å². The van der Waals surface area contributed by atoms with Crippen LogP contribution in [-0.4, -0.2) is 26.7 Å². The van der Waals surface area contributed by atoms with Gasteiger partial charge < -0.3 is 11.5 Å². The normalized spacial score (nSPS) is 15.4. The topological polar surface area (TPSA) is 125 Å². The first kappa shape index (κ1) is 10.5. The summed E-state index contributed by atoms with van der Waals surface area (Å²) in [5.41, 5.74) is 9.95. The van der Waals surface area contributed by atoms with E-state index in [0.29, 0.717) is 0 Å². The highest BCUT2D eigenvalue weighted by Crippen LogP contribution is 1.84. The number of nitrogens with two attached hydrogens (primary N) is 3. The Morgan fingerprint density at radius 1 is 1.36 bits per heavy atom. The minimum Gasteiger partial charge on any atom is -0.370 e. The highest BCUT2D eigenvalue weighted by Gasteiger charge is 2.02. The molecule has 0 aliphatic carbocycles. The highest BCUT2D eigenvalue weighted by atomic mass is 33.1. The van der Waals surface area contributed by atoms with E-state index in [1.807, 2.05) is 0 Å². The number of hydrogen-bond donors (Lipinski definition) is 3. The zero-order valence-electron chi connectivity index (χ0n) is 5.73. The number of guanidine groups is 1. The highest BCUT2D eigenvalue weighted by molar-refractivity contribution is 8.60. The molecule has 0 saturated heterocycles. The van der Waals surface area contributed by atoms with E-state index >= 15 is 0 Å². The molecule has 0 radical (unpaired) electrons. The molecule has 0 bridgehead atoms. The van der Waals surface area contributed by atoms with Gasteiger partial charge in [-0.05, 0) is 0 Å². The molecule has 0 aromatic carbocycles. The first-order valence-corrected chi connectivity index (χ1v) is 5.69. The summed E-state index contributed by atoms with van der Waals surface area (Å²) in [6.45, 7) is 0.178. The molecule has 6 N–H and O–H groups in total. The van der Waals surface area contributed by atoms with E-state index in [2.05, 4.69) is 4.99 Å². The van der Waals surface area contributed by atoms with Crippen LogP contribution in [0, 0.1) is 0 Å². The first-order chi connectivity index (χ1) is 5.04. The Morgan fingerprint density at radius 2 is 1.91 bits per heavy atom. The van der Waals surface area contributed by atoms with E-state index in [-0.39, 0.29) is 18.3 Å². The van der Waals surface area contributed by atoms with Gasteiger partial charge in [0.05, 0.1) is 12.3 Å². The van der Waals surface area contributed by atoms with Gasteiger partial charge >= 0.3 is 0 Å². The molecule has 0 spiro atoms. The average molecular weight is 198 g/mol. The third-order valence-electron chi connectivity index (χ3n) is 0.736. The third-order valence-corrected chi connectivity index (χ3v) is 3.22. The van der Waals surface area contributed by atoms with Gasteiger partial charge in [-0.1, -0.05) is 0 Å². The molecule has 0 fully saturated rings. The Kier molecular flexibility index (Phi) is 4.99. The predicted molar refractivity (Wildman–Crippen MR) is 46.0 cm³/mol. The summed E-state index contributed by atoms with van der Waals surface area (Å²) >= 11 is 0. The van der Waals surface area contributed by atoms with Crippen LogP contribution in [0.2, 0.25) is 0 Å². The van der Waals surface area contributed by atoms with Gasteiger partial charge in [0.1, 0.15) is 9.83 Å². The molecular weight excluding hydrogens is 188 g/mol. The second kappa shape index (κ2) is 5.22. The summed E-state index contributed by atoms with van der Waals surface area (Å²) in [6, 6.07) is 0. The molecule has 0 rings (SSSR count). The van der Waals surface area contributed by atoms with Crippen LogP contribution >= 0.6 is 0 Å². The van der Waals surface area contributed by atoms with E-state index in [1.165, 1.54) is 0 Å². The Morgan fingerprint density at radius 3 is 2.27 bits per heavy atom. The minimum absolute atomic E-state index is 0.0789. The summed E-state index contributed by atoms with van der Waals surface area (Å²) < 4.78 is 21.0. The van der Waals surface area contributed by atoms with Crippen LogP contribution < -0.4 is 16.6 Å². The Labute approximate surface area is 68.7 Å². The van der Waals surface area contributed by atoms with Gasteiger partial charge in [0, 0.05) is 0 Å². The van der Waals surface area contributed by atoms with Crippen LogP contribution in [0.15, 0.2) is 4.99 Å². The maximum atomic E-state index is 10.7. The fourth-order valence-corrected chi connectivity index (χ4v) is 1.45. The van der Waals surface area contributed by atoms with Crippen molar-refractivity contribution < 1.29 is 8.42 Å². The number of hydrogen-bond acceptors (Lipinski definition) is 3. The summed E-state index contributed by atoms with van der Waals surface area (Å²) in [6.07, 6.45) is 0.